The number of aryl methyl sites for hydroxylation is 1. The van der Waals surface area contributed by atoms with E-state index in [1.165, 1.54) is 16.1 Å². The third kappa shape index (κ3) is 6.75. The number of para-hydroxylation sites is 1. The predicted octanol–water partition coefficient (Wildman–Crippen LogP) is 6.06. The molecule has 0 unspecified atom stereocenters. The summed E-state index contributed by atoms with van der Waals surface area (Å²) in [6.07, 6.45) is 2.18. The van der Waals surface area contributed by atoms with E-state index in [4.69, 9.17) is 0 Å². The van der Waals surface area contributed by atoms with Gasteiger partial charge in [0.2, 0.25) is 0 Å². The van der Waals surface area contributed by atoms with Crippen molar-refractivity contribution >= 4 is 50.7 Å². The molecule has 0 bridgehead atoms. The topological polar surface area (TPSA) is 104 Å². The summed E-state index contributed by atoms with van der Waals surface area (Å²) >= 11 is 2.66. The van der Waals surface area contributed by atoms with Crippen LogP contribution in [-0.2, 0) is 21.4 Å². The number of thiophene rings is 1. The minimum absolute atomic E-state index is 0.0382. The summed E-state index contributed by atoms with van der Waals surface area (Å²) < 4.78 is 28.9. The zero-order valence-electron chi connectivity index (χ0n) is 22.1. The van der Waals surface area contributed by atoms with Crippen LogP contribution >= 0.6 is 23.1 Å². The molecule has 40 heavy (non-hydrogen) atoms. The maximum Gasteiger partial charge on any atom is 0.326 e. The van der Waals surface area contributed by atoms with E-state index in [0.717, 1.165) is 22.5 Å². The fourth-order valence-corrected chi connectivity index (χ4v) is 7.34. The van der Waals surface area contributed by atoms with Gasteiger partial charge < -0.3 is 10.4 Å². The lowest BCUT2D eigenvalue weighted by Gasteiger charge is -2.25. The fourth-order valence-electron chi connectivity index (χ4n) is 4.31. The first-order valence-electron chi connectivity index (χ1n) is 12.5. The lowest BCUT2D eigenvalue weighted by molar-refractivity contribution is -0.139. The standard InChI is InChI=1S/C30H30N2O5S3/c1-21-9-6-7-12-24(21)26-19-22(14-15-25(26)29(33)31-27(30(34)35)16-18-38-2)20-32(23-10-4-3-5-11-23)40(36,37)28-13-8-17-39-28/h3-15,17,19,27H,16,18,20H2,1-2H3,(H,31,33)(H,34,35)/t27-/m0/s1. The van der Waals surface area contributed by atoms with Gasteiger partial charge in [-0.25, -0.2) is 13.2 Å². The van der Waals surface area contributed by atoms with E-state index in [2.05, 4.69) is 5.32 Å². The molecule has 10 heteroatoms. The molecule has 2 N–H and O–H groups in total. The first kappa shape index (κ1) is 29.4. The number of carbonyl (C=O) groups is 2. The molecule has 7 nitrogen and oxygen atoms in total. The predicted molar refractivity (Wildman–Crippen MR) is 163 cm³/mol. The molecule has 0 aliphatic carbocycles. The van der Waals surface area contributed by atoms with E-state index in [0.29, 0.717) is 34.6 Å². The Morgan fingerprint density at radius 2 is 1.70 bits per heavy atom. The van der Waals surface area contributed by atoms with E-state index in [1.807, 2.05) is 49.6 Å². The molecular formula is C30H30N2O5S3. The van der Waals surface area contributed by atoms with Crippen molar-refractivity contribution in [2.75, 3.05) is 16.3 Å². The van der Waals surface area contributed by atoms with Crippen molar-refractivity contribution in [2.45, 2.75) is 30.1 Å². The summed E-state index contributed by atoms with van der Waals surface area (Å²) in [6, 6.07) is 23.9. The van der Waals surface area contributed by atoms with Gasteiger partial charge in [-0.3, -0.25) is 9.10 Å². The number of carboxylic acid groups (broad SMARTS) is 1. The number of aliphatic carboxylic acids is 1. The van der Waals surface area contributed by atoms with E-state index < -0.39 is 27.9 Å². The summed E-state index contributed by atoms with van der Waals surface area (Å²) in [5.41, 5.74) is 3.85. The Kier molecular flexibility index (Phi) is 9.67. The number of hydrogen-bond acceptors (Lipinski definition) is 6. The highest BCUT2D eigenvalue weighted by molar-refractivity contribution is 7.98. The minimum Gasteiger partial charge on any atom is -0.480 e. The van der Waals surface area contributed by atoms with Crippen LogP contribution in [0.5, 0.6) is 0 Å². The maximum atomic E-state index is 13.7. The normalized spacial score (nSPS) is 12.1. The van der Waals surface area contributed by atoms with Crippen LogP contribution in [0.4, 0.5) is 5.69 Å². The van der Waals surface area contributed by atoms with Crippen LogP contribution in [0, 0.1) is 6.92 Å². The molecule has 0 saturated heterocycles. The Labute approximate surface area is 242 Å². The molecule has 3 aromatic carbocycles. The first-order chi connectivity index (χ1) is 19.2. The molecule has 0 aliphatic heterocycles. The average molecular weight is 595 g/mol. The van der Waals surface area contributed by atoms with Gasteiger partial charge in [-0.2, -0.15) is 11.8 Å². The molecule has 1 atom stereocenters. The highest BCUT2D eigenvalue weighted by Gasteiger charge is 2.27. The number of benzene rings is 3. The minimum atomic E-state index is -3.85. The van der Waals surface area contributed by atoms with Gasteiger partial charge in [0, 0.05) is 5.56 Å². The van der Waals surface area contributed by atoms with Crippen LogP contribution in [0.25, 0.3) is 11.1 Å². The second-order valence-corrected chi connectivity index (χ2v) is 13.1. The van der Waals surface area contributed by atoms with E-state index >= 15 is 0 Å². The van der Waals surface area contributed by atoms with Gasteiger partial charge in [-0.15, -0.1) is 11.3 Å². The van der Waals surface area contributed by atoms with E-state index in [9.17, 15) is 23.1 Å². The quantitative estimate of drug-likeness (QED) is 0.207. The second kappa shape index (κ2) is 13.2. The summed E-state index contributed by atoms with van der Waals surface area (Å²) in [4.78, 5) is 25.2. The number of carbonyl (C=O) groups excluding carboxylic acids is 1. The Morgan fingerprint density at radius 3 is 2.35 bits per heavy atom. The van der Waals surface area contributed by atoms with Gasteiger partial charge in [0.15, 0.2) is 0 Å². The molecule has 0 saturated carbocycles. The molecule has 0 spiro atoms. The Morgan fingerprint density at radius 1 is 0.975 bits per heavy atom. The largest absolute Gasteiger partial charge is 0.480 e. The summed E-state index contributed by atoms with van der Waals surface area (Å²) in [6.45, 7) is 1.97. The molecule has 4 aromatic rings. The van der Waals surface area contributed by atoms with Crippen molar-refractivity contribution in [3.8, 4) is 11.1 Å². The zero-order valence-corrected chi connectivity index (χ0v) is 24.6. The van der Waals surface area contributed by atoms with Gasteiger partial charge in [-0.1, -0.05) is 54.6 Å². The first-order valence-corrected chi connectivity index (χ1v) is 16.3. The Hall–Kier alpha value is -3.60. The smallest absolute Gasteiger partial charge is 0.326 e. The fraction of sp³-hybridized carbons (Fsp3) is 0.200. The summed E-state index contributed by atoms with van der Waals surface area (Å²) in [5, 5.41) is 14.0. The second-order valence-electron chi connectivity index (χ2n) is 9.12. The number of nitrogens with one attached hydrogen (secondary N) is 1. The third-order valence-electron chi connectivity index (χ3n) is 6.39. The highest BCUT2D eigenvalue weighted by Crippen LogP contribution is 2.32. The molecule has 0 fully saturated rings. The highest BCUT2D eigenvalue weighted by atomic mass is 32.2. The van der Waals surface area contributed by atoms with E-state index in [1.54, 1.807) is 53.9 Å². The van der Waals surface area contributed by atoms with Crippen LogP contribution in [0.1, 0.15) is 27.9 Å². The average Bonchev–Trinajstić information content (AvgIpc) is 3.50. The molecule has 1 heterocycles. The SMILES string of the molecule is CSCC[C@H](NC(=O)c1ccc(CN(c2ccccc2)S(=O)(=O)c2cccs2)cc1-c1ccccc1C)C(=O)O. The number of carboxylic acids is 1. The van der Waals surface area contributed by atoms with Crippen LogP contribution in [0.15, 0.2) is 94.5 Å². The van der Waals surface area contributed by atoms with Gasteiger partial charge in [0.25, 0.3) is 15.9 Å². The monoisotopic (exact) mass is 594 g/mol. The molecule has 0 aliphatic rings. The van der Waals surface area contributed by atoms with Crippen molar-refractivity contribution < 1.29 is 23.1 Å². The third-order valence-corrected chi connectivity index (χ3v) is 10.2. The molecule has 208 valence electrons. The summed E-state index contributed by atoms with van der Waals surface area (Å²) in [7, 11) is -3.85. The number of anilines is 1. The molecule has 1 aromatic heterocycles. The van der Waals surface area contributed by atoms with Crippen molar-refractivity contribution in [3.63, 3.8) is 0 Å². The molecule has 0 radical (unpaired) electrons. The van der Waals surface area contributed by atoms with Gasteiger partial charge in [0.05, 0.1) is 12.2 Å². The number of sulfonamides is 1. The lowest BCUT2D eigenvalue weighted by Crippen LogP contribution is -2.41. The van der Waals surface area contributed by atoms with Crippen molar-refractivity contribution in [1.82, 2.24) is 5.32 Å². The lowest BCUT2D eigenvalue weighted by atomic mass is 9.93. The van der Waals surface area contributed by atoms with Crippen LogP contribution in [-0.4, -0.2) is 43.5 Å². The van der Waals surface area contributed by atoms with Crippen molar-refractivity contribution in [2.24, 2.45) is 0 Å². The number of thioether (sulfide) groups is 1. The van der Waals surface area contributed by atoms with Crippen LogP contribution in [0.2, 0.25) is 0 Å². The van der Waals surface area contributed by atoms with Crippen LogP contribution < -0.4 is 9.62 Å². The van der Waals surface area contributed by atoms with Crippen LogP contribution in [0.3, 0.4) is 0 Å². The van der Waals surface area contributed by atoms with Gasteiger partial charge in [0.1, 0.15) is 10.3 Å². The number of amides is 1. The Balaban J connectivity index is 1.77. The number of hydrogen-bond donors (Lipinski definition) is 2. The maximum absolute atomic E-state index is 13.7. The van der Waals surface area contributed by atoms with Crippen molar-refractivity contribution in [3.05, 3.63) is 107 Å². The molecule has 1 amide bonds. The number of nitrogens with zero attached hydrogens (tertiary/aromatic N) is 1. The van der Waals surface area contributed by atoms with Gasteiger partial charge in [-0.05, 0) is 83.3 Å². The molecule has 4 rings (SSSR count). The van der Waals surface area contributed by atoms with E-state index in [-0.39, 0.29) is 10.8 Å². The zero-order chi connectivity index (χ0) is 28.7. The van der Waals surface area contributed by atoms with Crippen molar-refractivity contribution in [1.29, 1.82) is 0 Å². The number of rotatable bonds is 12. The Bertz CT molecular complexity index is 1570. The molecular weight excluding hydrogens is 565 g/mol. The summed E-state index contributed by atoms with van der Waals surface area (Å²) in [5.74, 6) is -0.993. The van der Waals surface area contributed by atoms with Gasteiger partial charge >= 0.3 is 5.97 Å².